The first-order valence-electron chi connectivity index (χ1n) is 5.32. The van der Waals surface area contributed by atoms with E-state index in [0.717, 1.165) is 12.5 Å². The molecular formula is C11H23NO. The highest BCUT2D eigenvalue weighted by Crippen LogP contribution is 2.40. The molecular weight excluding hydrogens is 162 g/mol. The van der Waals surface area contributed by atoms with Crippen LogP contribution in [0.4, 0.5) is 0 Å². The average Bonchev–Trinajstić information content (AvgIpc) is 2.20. The number of aliphatic hydroxyl groups is 1. The van der Waals surface area contributed by atoms with Gasteiger partial charge in [0.05, 0.1) is 6.10 Å². The van der Waals surface area contributed by atoms with Crippen molar-refractivity contribution in [3.8, 4) is 0 Å². The average molecular weight is 185 g/mol. The summed E-state index contributed by atoms with van der Waals surface area (Å²) in [5, 5.41) is 12.6. The number of hydrogen-bond donors (Lipinski definition) is 2. The molecule has 0 radical (unpaired) electrons. The maximum atomic E-state index is 9.17. The summed E-state index contributed by atoms with van der Waals surface area (Å²) in [7, 11) is 0. The molecule has 1 rings (SSSR count). The molecule has 2 nitrogen and oxygen atoms in total. The Balaban J connectivity index is 2.35. The lowest BCUT2D eigenvalue weighted by Gasteiger charge is -2.19. The smallest absolute Gasteiger partial charge is 0.0636 e. The molecule has 2 heteroatoms. The van der Waals surface area contributed by atoms with E-state index in [4.69, 9.17) is 5.11 Å². The van der Waals surface area contributed by atoms with Gasteiger partial charge in [-0.15, -0.1) is 0 Å². The Hall–Kier alpha value is -0.0800. The van der Waals surface area contributed by atoms with Crippen LogP contribution >= 0.6 is 0 Å². The van der Waals surface area contributed by atoms with Gasteiger partial charge in [-0.3, -0.25) is 0 Å². The predicted molar refractivity (Wildman–Crippen MR) is 55.7 cm³/mol. The van der Waals surface area contributed by atoms with Crippen molar-refractivity contribution < 1.29 is 5.11 Å². The molecule has 2 N–H and O–H groups in total. The standard InChI is InChI=1S/C11H23NO/c1-8-5-11(3,4)6-10(8)12-7-9(2)13/h8-10,12-13H,5-7H2,1-4H3/t8?,9-,10?/m0/s1. The van der Waals surface area contributed by atoms with Crippen molar-refractivity contribution in [3.63, 3.8) is 0 Å². The highest BCUT2D eigenvalue weighted by molar-refractivity contribution is 4.91. The number of hydrogen-bond acceptors (Lipinski definition) is 2. The second kappa shape index (κ2) is 3.97. The van der Waals surface area contributed by atoms with E-state index >= 15 is 0 Å². The molecule has 3 atom stereocenters. The van der Waals surface area contributed by atoms with Gasteiger partial charge in [0.25, 0.3) is 0 Å². The Morgan fingerprint density at radius 2 is 2.08 bits per heavy atom. The van der Waals surface area contributed by atoms with E-state index in [9.17, 15) is 0 Å². The second-order valence-corrected chi connectivity index (χ2v) is 5.41. The molecule has 0 aromatic carbocycles. The molecule has 0 aromatic heterocycles. The van der Waals surface area contributed by atoms with Crippen molar-refractivity contribution in [1.82, 2.24) is 5.32 Å². The van der Waals surface area contributed by atoms with Crippen molar-refractivity contribution in [3.05, 3.63) is 0 Å². The highest BCUT2D eigenvalue weighted by Gasteiger charge is 2.36. The SMILES string of the molecule is CC1CC(C)(C)CC1NC[C@H](C)O. The molecule has 0 spiro atoms. The summed E-state index contributed by atoms with van der Waals surface area (Å²) >= 11 is 0. The predicted octanol–water partition coefficient (Wildman–Crippen LogP) is 1.78. The van der Waals surface area contributed by atoms with Gasteiger partial charge in [-0.25, -0.2) is 0 Å². The van der Waals surface area contributed by atoms with Crippen molar-refractivity contribution >= 4 is 0 Å². The van der Waals surface area contributed by atoms with Gasteiger partial charge in [-0.2, -0.15) is 0 Å². The summed E-state index contributed by atoms with van der Waals surface area (Å²) in [5.74, 6) is 0.744. The molecule has 13 heavy (non-hydrogen) atoms. The first-order valence-corrected chi connectivity index (χ1v) is 5.32. The molecule has 2 unspecified atom stereocenters. The van der Waals surface area contributed by atoms with Crippen LogP contribution in [0.15, 0.2) is 0 Å². The van der Waals surface area contributed by atoms with E-state index in [2.05, 4.69) is 26.1 Å². The van der Waals surface area contributed by atoms with Gasteiger partial charge in [-0.1, -0.05) is 20.8 Å². The van der Waals surface area contributed by atoms with Crippen LogP contribution in [-0.2, 0) is 0 Å². The fourth-order valence-corrected chi connectivity index (χ4v) is 2.49. The minimum Gasteiger partial charge on any atom is -0.392 e. The number of aliphatic hydroxyl groups excluding tert-OH is 1. The van der Waals surface area contributed by atoms with Gasteiger partial charge in [0.15, 0.2) is 0 Å². The quantitative estimate of drug-likeness (QED) is 0.702. The molecule has 1 aliphatic rings. The van der Waals surface area contributed by atoms with E-state index < -0.39 is 0 Å². The molecule has 0 amide bonds. The van der Waals surface area contributed by atoms with Crippen LogP contribution in [0.25, 0.3) is 0 Å². The van der Waals surface area contributed by atoms with Crippen molar-refractivity contribution in [2.75, 3.05) is 6.54 Å². The summed E-state index contributed by atoms with van der Waals surface area (Å²) in [6.45, 7) is 9.51. The van der Waals surface area contributed by atoms with Crippen LogP contribution in [0, 0.1) is 11.3 Å². The molecule has 1 aliphatic carbocycles. The van der Waals surface area contributed by atoms with Crippen molar-refractivity contribution in [1.29, 1.82) is 0 Å². The molecule has 1 fully saturated rings. The van der Waals surface area contributed by atoms with E-state index in [1.807, 2.05) is 6.92 Å². The van der Waals surface area contributed by atoms with E-state index in [-0.39, 0.29) is 6.10 Å². The lowest BCUT2D eigenvalue weighted by Crippen LogP contribution is -2.36. The van der Waals surface area contributed by atoms with Gasteiger partial charge in [0.1, 0.15) is 0 Å². The number of nitrogens with one attached hydrogen (secondary N) is 1. The topological polar surface area (TPSA) is 32.3 Å². The lowest BCUT2D eigenvalue weighted by atomic mass is 9.91. The summed E-state index contributed by atoms with van der Waals surface area (Å²) in [6.07, 6.45) is 2.31. The Bertz CT molecular complexity index is 165. The summed E-state index contributed by atoms with van der Waals surface area (Å²) < 4.78 is 0. The molecule has 0 aliphatic heterocycles. The minimum atomic E-state index is -0.226. The molecule has 78 valence electrons. The first kappa shape index (κ1) is 11.0. The normalized spacial score (nSPS) is 34.8. The Morgan fingerprint density at radius 3 is 2.46 bits per heavy atom. The van der Waals surface area contributed by atoms with Crippen LogP contribution in [-0.4, -0.2) is 23.8 Å². The Kier molecular flexibility index (Phi) is 3.36. The molecule has 1 saturated carbocycles. The zero-order valence-corrected chi connectivity index (χ0v) is 9.30. The zero-order chi connectivity index (χ0) is 10.1. The summed E-state index contributed by atoms with van der Waals surface area (Å²) in [5.41, 5.74) is 0.482. The van der Waals surface area contributed by atoms with Crippen LogP contribution in [0.3, 0.4) is 0 Å². The highest BCUT2D eigenvalue weighted by atomic mass is 16.3. The van der Waals surface area contributed by atoms with Crippen LogP contribution in [0.2, 0.25) is 0 Å². The third-order valence-electron chi connectivity index (χ3n) is 3.01. The van der Waals surface area contributed by atoms with E-state index in [0.29, 0.717) is 11.5 Å². The Morgan fingerprint density at radius 1 is 1.46 bits per heavy atom. The van der Waals surface area contributed by atoms with Crippen molar-refractivity contribution in [2.24, 2.45) is 11.3 Å². The van der Waals surface area contributed by atoms with Gasteiger partial charge in [0, 0.05) is 12.6 Å². The summed E-state index contributed by atoms with van der Waals surface area (Å²) in [6, 6.07) is 0.601. The third kappa shape index (κ3) is 3.28. The fraction of sp³-hybridized carbons (Fsp3) is 1.00. The molecule has 0 bridgehead atoms. The summed E-state index contributed by atoms with van der Waals surface area (Å²) in [4.78, 5) is 0. The largest absolute Gasteiger partial charge is 0.392 e. The fourth-order valence-electron chi connectivity index (χ4n) is 2.49. The van der Waals surface area contributed by atoms with Gasteiger partial charge >= 0.3 is 0 Å². The Labute approximate surface area is 81.7 Å². The van der Waals surface area contributed by atoms with Gasteiger partial charge in [-0.05, 0) is 31.1 Å². The zero-order valence-electron chi connectivity index (χ0n) is 9.30. The van der Waals surface area contributed by atoms with Gasteiger partial charge in [0.2, 0.25) is 0 Å². The van der Waals surface area contributed by atoms with Gasteiger partial charge < -0.3 is 10.4 Å². The second-order valence-electron chi connectivity index (χ2n) is 5.41. The molecule has 0 aromatic rings. The molecule has 0 saturated heterocycles. The van der Waals surface area contributed by atoms with E-state index in [1.54, 1.807) is 0 Å². The van der Waals surface area contributed by atoms with Crippen LogP contribution < -0.4 is 5.32 Å². The third-order valence-corrected chi connectivity index (χ3v) is 3.01. The van der Waals surface area contributed by atoms with E-state index in [1.165, 1.54) is 12.8 Å². The van der Waals surface area contributed by atoms with Crippen LogP contribution in [0.5, 0.6) is 0 Å². The monoisotopic (exact) mass is 185 g/mol. The van der Waals surface area contributed by atoms with Crippen LogP contribution in [0.1, 0.15) is 40.5 Å². The molecule has 0 heterocycles. The maximum Gasteiger partial charge on any atom is 0.0636 e. The minimum absolute atomic E-state index is 0.226. The van der Waals surface area contributed by atoms with Crippen molar-refractivity contribution in [2.45, 2.75) is 52.7 Å². The first-order chi connectivity index (χ1) is 5.91. The maximum absolute atomic E-state index is 9.17. The number of rotatable bonds is 3. The lowest BCUT2D eigenvalue weighted by molar-refractivity contribution is 0.182.